The third-order valence-electron chi connectivity index (χ3n) is 3.54. The van der Waals surface area contributed by atoms with Gasteiger partial charge in [-0.2, -0.15) is 0 Å². The molecule has 0 spiro atoms. The van der Waals surface area contributed by atoms with E-state index in [0.29, 0.717) is 6.54 Å². The van der Waals surface area contributed by atoms with Gasteiger partial charge < -0.3 is 10.6 Å². The second-order valence-corrected chi connectivity index (χ2v) is 5.36. The molecule has 0 saturated heterocycles. The Morgan fingerprint density at radius 2 is 1.73 bits per heavy atom. The summed E-state index contributed by atoms with van der Waals surface area (Å²) in [4.78, 5) is 12.0. The lowest BCUT2D eigenvalue weighted by Crippen LogP contribution is -2.28. The van der Waals surface area contributed by atoms with Crippen LogP contribution in [0.5, 0.6) is 0 Å². The van der Waals surface area contributed by atoms with E-state index in [4.69, 9.17) is 0 Å². The van der Waals surface area contributed by atoms with Crippen molar-refractivity contribution in [3.05, 3.63) is 77.9 Å². The number of carbonyl (C=O) groups is 1. The predicted molar refractivity (Wildman–Crippen MR) is 91.0 cm³/mol. The van der Waals surface area contributed by atoms with E-state index in [-0.39, 0.29) is 6.03 Å². The Balaban J connectivity index is 1.63. The number of hydrogen-bond donors (Lipinski definition) is 2. The highest BCUT2D eigenvalue weighted by Crippen LogP contribution is 2.18. The van der Waals surface area contributed by atoms with Crippen molar-refractivity contribution in [3.63, 3.8) is 0 Å². The van der Waals surface area contributed by atoms with Gasteiger partial charge in [-0.15, -0.1) is 0 Å². The molecule has 0 heterocycles. The van der Waals surface area contributed by atoms with E-state index in [1.54, 1.807) is 0 Å². The van der Waals surface area contributed by atoms with E-state index in [1.807, 2.05) is 61.5 Å². The van der Waals surface area contributed by atoms with Gasteiger partial charge in [-0.25, -0.2) is 4.79 Å². The van der Waals surface area contributed by atoms with Gasteiger partial charge in [-0.3, -0.25) is 0 Å². The van der Waals surface area contributed by atoms with Crippen molar-refractivity contribution < 1.29 is 4.79 Å². The fourth-order valence-corrected chi connectivity index (χ4v) is 2.45. The zero-order chi connectivity index (χ0) is 15.4. The Morgan fingerprint density at radius 1 is 0.909 bits per heavy atom. The second-order valence-electron chi connectivity index (χ2n) is 5.36. The monoisotopic (exact) mass is 290 g/mol. The first-order valence-corrected chi connectivity index (χ1v) is 7.30. The van der Waals surface area contributed by atoms with E-state index in [9.17, 15) is 4.79 Å². The number of rotatable bonds is 3. The van der Waals surface area contributed by atoms with Crippen molar-refractivity contribution in [2.45, 2.75) is 13.5 Å². The molecule has 0 saturated carbocycles. The van der Waals surface area contributed by atoms with Gasteiger partial charge in [-0.1, -0.05) is 60.2 Å². The van der Waals surface area contributed by atoms with Crippen LogP contribution in [0, 0.1) is 6.92 Å². The highest BCUT2D eigenvalue weighted by atomic mass is 16.2. The summed E-state index contributed by atoms with van der Waals surface area (Å²) in [6.45, 7) is 2.56. The molecule has 3 aromatic rings. The predicted octanol–water partition coefficient (Wildman–Crippen LogP) is 4.47. The number of hydrogen-bond acceptors (Lipinski definition) is 1. The minimum atomic E-state index is -0.197. The summed E-state index contributed by atoms with van der Waals surface area (Å²) in [7, 11) is 0. The Labute approximate surface area is 130 Å². The van der Waals surface area contributed by atoms with E-state index in [1.165, 1.54) is 5.56 Å². The van der Waals surface area contributed by atoms with Crippen LogP contribution < -0.4 is 10.6 Å². The van der Waals surface area contributed by atoms with E-state index in [0.717, 1.165) is 22.0 Å². The first-order chi connectivity index (χ1) is 10.7. The van der Waals surface area contributed by atoms with Gasteiger partial charge in [0.1, 0.15) is 0 Å². The molecule has 0 aromatic heterocycles. The molecule has 3 nitrogen and oxygen atoms in total. The summed E-state index contributed by atoms with van der Waals surface area (Å²) in [6, 6.07) is 21.9. The van der Waals surface area contributed by atoms with Crippen molar-refractivity contribution in [1.82, 2.24) is 5.32 Å². The number of carbonyl (C=O) groups excluding carboxylic acids is 1. The third-order valence-corrected chi connectivity index (χ3v) is 3.54. The summed E-state index contributed by atoms with van der Waals surface area (Å²) in [5, 5.41) is 8.01. The molecule has 0 radical (unpaired) electrons. The average molecular weight is 290 g/mol. The SMILES string of the molecule is Cc1cccc(CNC(=O)Nc2ccc3ccccc3c2)c1. The van der Waals surface area contributed by atoms with E-state index in [2.05, 4.69) is 22.8 Å². The van der Waals surface area contributed by atoms with Crippen LogP contribution >= 0.6 is 0 Å². The van der Waals surface area contributed by atoms with Crippen molar-refractivity contribution in [2.24, 2.45) is 0 Å². The van der Waals surface area contributed by atoms with Gasteiger partial charge in [0.05, 0.1) is 0 Å². The highest BCUT2D eigenvalue weighted by Gasteiger charge is 2.02. The summed E-state index contributed by atoms with van der Waals surface area (Å²) in [5.41, 5.74) is 3.07. The lowest BCUT2D eigenvalue weighted by Gasteiger charge is -2.09. The maximum Gasteiger partial charge on any atom is 0.319 e. The summed E-state index contributed by atoms with van der Waals surface area (Å²) in [6.07, 6.45) is 0. The lowest BCUT2D eigenvalue weighted by molar-refractivity contribution is 0.251. The standard InChI is InChI=1S/C19H18N2O/c1-14-5-4-6-15(11-14)13-20-19(22)21-18-10-9-16-7-2-3-8-17(16)12-18/h2-12H,13H2,1H3,(H2,20,21,22). The Hall–Kier alpha value is -2.81. The number of anilines is 1. The van der Waals surface area contributed by atoms with Crippen molar-refractivity contribution >= 4 is 22.5 Å². The molecular weight excluding hydrogens is 272 g/mol. The second kappa shape index (κ2) is 6.31. The molecule has 3 heteroatoms. The molecule has 0 aliphatic rings. The summed E-state index contributed by atoms with van der Waals surface area (Å²) < 4.78 is 0. The number of aryl methyl sites for hydroxylation is 1. The summed E-state index contributed by atoms with van der Waals surface area (Å²) in [5.74, 6) is 0. The van der Waals surface area contributed by atoms with Crippen LogP contribution in [-0.4, -0.2) is 6.03 Å². The average Bonchev–Trinajstić information content (AvgIpc) is 2.53. The molecule has 2 amide bonds. The molecule has 110 valence electrons. The van der Waals surface area contributed by atoms with Crippen LogP contribution in [0.3, 0.4) is 0 Å². The zero-order valence-electron chi connectivity index (χ0n) is 12.5. The smallest absolute Gasteiger partial charge is 0.319 e. The van der Waals surface area contributed by atoms with Crippen molar-refractivity contribution in [1.29, 1.82) is 0 Å². The molecule has 0 aliphatic carbocycles. The van der Waals surface area contributed by atoms with Crippen LogP contribution in [-0.2, 0) is 6.54 Å². The Kier molecular flexibility index (Phi) is 4.05. The van der Waals surface area contributed by atoms with Crippen LogP contribution in [0.2, 0.25) is 0 Å². The van der Waals surface area contributed by atoms with Crippen LogP contribution in [0.15, 0.2) is 66.7 Å². The number of fused-ring (bicyclic) bond motifs is 1. The summed E-state index contributed by atoms with van der Waals surface area (Å²) >= 11 is 0. The van der Waals surface area contributed by atoms with Gasteiger partial charge in [0.15, 0.2) is 0 Å². The molecule has 0 aliphatic heterocycles. The van der Waals surface area contributed by atoms with Crippen molar-refractivity contribution in [2.75, 3.05) is 5.32 Å². The van der Waals surface area contributed by atoms with Crippen molar-refractivity contribution in [3.8, 4) is 0 Å². The van der Waals surface area contributed by atoms with Gasteiger partial charge in [0.25, 0.3) is 0 Å². The first-order valence-electron chi connectivity index (χ1n) is 7.30. The third kappa shape index (κ3) is 3.44. The minimum absolute atomic E-state index is 0.197. The number of amides is 2. The van der Waals surface area contributed by atoms with Crippen LogP contribution in [0.4, 0.5) is 10.5 Å². The fraction of sp³-hybridized carbons (Fsp3) is 0.105. The van der Waals surface area contributed by atoms with Gasteiger partial charge in [0.2, 0.25) is 0 Å². The molecule has 22 heavy (non-hydrogen) atoms. The normalized spacial score (nSPS) is 10.4. The molecule has 0 unspecified atom stereocenters. The molecule has 0 fully saturated rings. The lowest BCUT2D eigenvalue weighted by atomic mass is 10.1. The van der Waals surface area contributed by atoms with Gasteiger partial charge in [-0.05, 0) is 35.4 Å². The topological polar surface area (TPSA) is 41.1 Å². The quantitative estimate of drug-likeness (QED) is 0.734. The zero-order valence-corrected chi connectivity index (χ0v) is 12.5. The fourth-order valence-electron chi connectivity index (χ4n) is 2.45. The minimum Gasteiger partial charge on any atom is -0.334 e. The Bertz CT molecular complexity index is 811. The molecule has 0 atom stereocenters. The Morgan fingerprint density at radius 3 is 2.55 bits per heavy atom. The number of nitrogens with one attached hydrogen (secondary N) is 2. The molecule has 2 N–H and O–H groups in total. The molecule has 3 aromatic carbocycles. The number of benzene rings is 3. The van der Waals surface area contributed by atoms with E-state index >= 15 is 0 Å². The molecular formula is C19H18N2O. The maximum atomic E-state index is 12.0. The number of urea groups is 1. The molecule has 3 rings (SSSR count). The highest BCUT2D eigenvalue weighted by molar-refractivity contribution is 5.93. The van der Waals surface area contributed by atoms with Crippen LogP contribution in [0.25, 0.3) is 10.8 Å². The van der Waals surface area contributed by atoms with Gasteiger partial charge >= 0.3 is 6.03 Å². The molecule has 0 bridgehead atoms. The van der Waals surface area contributed by atoms with Crippen LogP contribution in [0.1, 0.15) is 11.1 Å². The maximum absolute atomic E-state index is 12.0. The van der Waals surface area contributed by atoms with Gasteiger partial charge in [0, 0.05) is 12.2 Å². The first kappa shape index (κ1) is 14.1. The van der Waals surface area contributed by atoms with E-state index < -0.39 is 0 Å². The largest absolute Gasteiger partial charge is 0.334 e.